The third kappa shape index (κ3) is 5.38. The number of nitrogens with one attached hydrogen (secondary N) is 1. The molecular weight excluding hydrogens is 502 g/mol. The molecule has 0 spiro atoms. The molecule has 1 amide bonds. The lowest BCUT2D eigenvalue weighted by molar-refractivity contribution is -0.137. The van der Waals surface area contributed by atoms with E-state index in [1.807, 2.05) is 4.72 Å². The van der Waals surface area contributed by atoms with Gasteiger partial charge in [0.25, 0.3) is 5.91 Å². The number of amides is 1. The van der Waals surface area contributed by atoms with E-state index in [1.54, 1.807) is 4.90 Å². The zero-order valence-corrected chi connectivity index (χ0v) is 19.2. The number of ether oxygens (including phenoxy) is 1. The summed E-state index contributed by atoms with van der Waals surface area (Å²) in [7, 11) is -3.85. The van der Waals surface area contributed by atoms with E-state index in [9.17, 15) is 30.8 Å². The monoisotopic (exact) mass is 521 g/mol. The zero-order valence-electron chi connectivity index (χ0n) is 17.6. The van der Waals surface area contributed by atoms with Gasteiger partial charge in [0, 0.05) is 18.8 Å². The molecule has 0 radical (unpaired) electrons. The average molecular weight is 522 g/mol. The van der Waals surface area contributed by atoms with Crippen molar-refractivity contribution in [3.05, 3.63) is 52.4 Å². The largest absolute Gasteiger partial charge is 0.490 e. The molecule has 13 heteroatoms. The van der Waals surface area contributed by atoms with Gasteiger partial charge in [0.05, 0.1) is 27.4 Å². The second kappa shape index (κ2) is 9.21. The second-order valence-electron chi connectivity index (χ2n) is 8.14. The number of halogens is 5. The molecule has 4 rings (SSSR count). The molecule has 2 aliphatic rings. The lowest BCUT2D eigenvalue weighted by Crippen LogP contribution is -2.35. The quantitative estimate of drug-likeness (QED) is 0.550. The number of sulfonamides is 1. The normalized spacial score (nSPS) is 18.7. The van der Waals surface area contributed by atoms with Crippen LogP contribution in [-0.4, -0.2) is 43.8 Å². The Morgan fingerprint density at radius 2 is 1.97 bits per heavy atom. The van der Waals surface area contributed by atoms with Crippen molar-refractivity contribution in [2.45, 2.75) is 43.2 Å². The summed E-state index contributed by atoms with van der Waals surface area (Å²) in [5.41, 5.74) is -1.38. The Hall–Kier alpha value is -2.60. The van der Waals surface area contributed by atoms with Gasteiger partial charge < -0.3 is 9.64 Å². The summed E-state index contributed by atoms with van der Waals surface area (Å²) in [6, 6.07) is 3.90. The lowest BCUT2D eigenvalue weighted by Gasteiger charge is -2.26. The Labute approximate surface area is 198 Å². The van der Waals surface area contributed by atoms with Crippen LogP contribution in [0, 0.1) is 5.82 Å². The number of carbonyl (C=O) groups excluding carboxylic acids is 1. The number of alkyl halides is 3. The highest BCUT2D eigenvalue weighted by Crippen LogP contribution is 2.33. The molecule has 1 saturated heterocycles. The molecule has 7 nitrogen and oxygen atoms in total. The molecule has 0 bridgehead atoms. The standard InChI is InChI=1S/C21H20ClF4N3O4S/c22-16-8-15(20(30)28-34(31,32)14-4-5-14)17(23)9-18(16)33-11-13-2-1-7-29(13)19-6-3-12(10-27-19)21(24,25)26/h3,6,8-10,13-14H,1-2,4-5,7,11H2,(H,28,30)/t13-/m1/s1. The Kier molecular flexibility index (Phi) is 6.65. The Bertz CT molecular complexity index is 1190. The van der Waals surface area contributed by atoms with Gasteiger partial charge in [-0.1, -0.05) is 11.6 Å². The van der Waals surface area contributed by atoms with Crippen LogP contribution in [0.15, 0.2) is 30.5 Å². The minimum atomic E-state index is -4.48. The first-order valence-electron chi connectivity index (χ1n) is 10.4. The van der Waals surface area contributed by atoms with Gasteiger partial charge in [-0.3, -0.25) is 4.79 Å². The van der Waals surface area contributed by atoms with Gasteiger partial charge in [0.1, 0.15) is 24.0 Å². The number of rotatable bonds is 7. The maximum absolute atomic E-state index is 14.5. The van der Waals surface area contributed by atoms with E-state index in [1.165, 1.54) is 6.07 Å². The van der Waals surface area contributed by atoms with Crippen molar-refractivity contribution < 1.29 is 35.5 Å². The van der Waals surface area contributed by atoms with E-state index in [4.69, 9.17) is 16.3 Å². The van der Waals surface area contributed by atoms with Crippen molar-refractivity contribution in [1.29, 1.82) is 0 Å². The third-order valence-corrected chi connectivity index (χ3v) is 7.76. The van der Waals surface area contributed by atoms with Crippen LogP contribution in [0.2, 0.25) is 5.02 Å². The van der Waals surface area contributed by atoms with E-state index >= 15 is 0 Å². The summed E-state index contributed by atoms with van der Waals surface area (Å²) in [6.45, 7) is 0.604. The van der Waals surface area contributed by atoms with Gasteiger partial charge in [-0.25, -0.2) is 22.5 Å². The number of pyridine rings is 1. The van der Waals surface area contributed by atoms with Gasteiger partial charge in [-0.05, 0) is 43.9 Å². The highest BCUT2D eigenvalue weighted by Gasteiger charge is 2.37. The maximum Gasteiger partial charge on any atom is 0.417 e. The first-order valence-corrected chi connectivity index (χ1v) is 12.4. The van der Waals surface area contributed by atoms with Crippen molar-refractivity contribution in [3.63, 3.8) is 0 Å². The fourth-order valence-corrected chi connectivity index (χ4v) is 5.19. The smallest absolute Gasteiger partial charge is 0.417 e. The molecule has 184 valence electrons. The number of hydrogen-bond donors (Lipinski definition) is 1. The number of aromatic nitrogens is 1. The van der Waals surface area contributed by atoms with Crippen LogP contribution < -0.4 is 14.4 Å². The molecule has 2 heterocycles. The van der Waals surface area contributed by atoms with E-state index < -0.39 is 44.3 Å². The minimum absolute atomic E-state index is 0.0451. The summed E-state index contributed by atoms with van der Waals surface area (Å²) in [5, 5.41) is -0.737. The molecule has 1 aromatic heterocycles. The van der Waals surface area contributed by atoms with Gasteiger partial charge in [-0.2, -0.15) is 13.2 Å². The molecule has 1 aliphatic heterocycles. The highest BCUT2D eigenvalue weighted by molar-refractivity contribution is 7.91. The van der Waals surface area contributed by atoms with Gasteiger partial charge in [0.15, 0.2) is 0 Å². The summed E-state index contributed by atoms with van der Waals surface area (Å²) < 4.78 is 84.2. The zero-order chi connectivity index (χ0) is 24.7. The van der Waals surface area contributed by atoms with Crippen molar-refractivity contribution in [3.8, 4) is 5.75 Å². The summed E-state index contributed by atoms with van der Waals surface area (Å²) in [5.74, 6) is -1.81. The number of benzene rings is 1. The van der Waals surface area contributed by atoms with Crippen LogP contribution in [0.25, 0.3) is 0 Å². The van der Waals surface area contributed by atoms with Crippen LogP contribution in [0.3, 0.4) is 0 Å². The van der Waals surface area contributed by atoms with E-state index in [0.717, 1.165) is 30.8 Å². The Balaban J connectivity index is 1.42. The molecule has 1 saturated carbocycles. The van der Waals surface area contributed by atoms with Gasteiger partial charge >= 0.3 is 6.18 Å². The molecule has 2 aromatic rings. The number of nitrogens with zero attached hydrogens (tertiary/aromatic N) is 2. The van der Waals surface area contributed by atoms with Crippen LogP contribution in [-0.2, 0) is 16.2 Å². The number of carbonyl (C=O) groups is 1. The van der Waals surface area contributed by atoms with Gasteiger partial charge in [-0.15, -0.1) is 0 Å². The molecule has 1 aromatic carbocycles. The second-order valence-corrected chi connectivity index (χ2v) is 10.5. The lowest BCUT2D eigenvalue weighted by atomic mass is 10.2. The third-order valence-electron chi connectivity index (χ3n) is 5.64. The van der Waals surface area contributed by atoms with Gasteiger partial charge in [0.2, 0.25) is 10.0 Å². The predicted octanol–water partition coefficient (Wildman–Crippen LogP) is 4.16. The van der Waals surface area contributed by atoms with E-state index in [0.29, 0.717) is 31.6 Å². The summed E-state index contributed by atoms with van der Waals surface area (Å²) in [4.78, 5) is 17.9. The molecular formula is C21H20ClF4N3O4S. The molecule has 1 atom stereocenters. The van der Waals surface area contributed by atoms with Crippen LogP contribution >= 0.6 is 11.6 Å². The fraction of sp³-hybridized carbons (Fsp3) is 0.429. The number of hydrogen-bond acceptors (Lipinski definition) is 6. The Morgan fingerprint density at radius 1 is 1.24 bits per heavy atom. The average Bonchev–Trinajstić information content (AvgIpc) is 3.53. The van der Waals surface area contributed by atoms with Crippen molar-refractivity contribution in [2.75, 3.05) is 18.1 Å². The predicted molar refractivity (Wildman–Crippen MR) is 116 cm³/mol. The molecule has 34 heavy (non-hydrogen) atoms. The maximum atomic E-state index is 14.5. The van der Waals surface area contributed by atoms with E-state index in [2.05, 4.69) is 4.98 Å². The molecule has 0 unspecified atom stereocenters. The minimum Gasteiger partial charge on any atom is -0.490 e. The first kappa shape index (κ1) is 24.5. The summed E-state index contributed by atoms with van der Waals surface area (Å²) in [6.07, 6.45) is -1.40. The van der Waals surface area contributed by atoms with Crippen molar-refractivity contribution >= 4 is 33.3 Å². The fourth-order valence-electron chi connectivity index (χ4n) is 3.68. The SMILES string of the molecule is O=C(NS(=O)(=O)C1CC1)c1cc(Cl)c(OC[C@H]2CCCN2c2ccc(C(F)(F)F)cn2)cc1F. The van der Waals surface area contributed by atoms with Crippen LogP contribution in [0.1, 0.15) is 41.6 Å². The number of anilines is 1. The van der Waals surface area contributed by atoms with Crippen molar-refractivity contribution in [2.24, 2.45) is 0 Å². The summed E-state index contributed by atoms with van der Waals surface area (Å²) >= 11 is 6.14. The van der Waals surface area contributed by atoms with E-state index in [-0.39, 0.29) is 23.4 Å². The Morgan fingerprint density at radius 3 is 2.59 bits per heavy atom. The molecule has 1 aliphatic carbocycles. The van der Waals surface area contributed by atoms with Crippen LogP contribution in [0.5, 0.6) is 5.75 Å². The molecule has 1 N–H and O–H groups in total. The first-order chi connectivity index (χ1) is 16.0. The van der Waals surface area contributed by atoms with Crippen molar-refractivity contribution in [1.82, 2.24) is 9.71 Å². The molecule has 2 fully saturated rings. The van der Waals surface area contributed by atoms with Crippen LogP contribution in [0.4, 0.5) is 23.4 Å². The highest BCUT2D eigenvalue weighted by atomic mass is 35.5. The topological polar surface area (TPSA) is 88.6 Å².